The Bertz CT molecular complexity index is 2030. The molecule has 3 aliphatic heterocycles. The van der Waals surface area contributed by atoms with Crippen molar-refractivity contribution in [2.45, 2.75) is 56.9 Å². The fourth-order valence-electron chi connectivity index (χ4n) is 8.98. The fourth-order valence-corrected chi connectivity index (χ4v) is 8.98. The molecule has 1 fully saturated rings. The lowest BCUT2D eigenvalue weighted by Crippen LogP contribution is -2.68. The number of phenolic OH excluding ortho intramolecular Hbond substituents is 2. The van der Waals surface area contributed by atoms with Crippen molar-refractivity contribution in [3.63, 3.8) is 0 Å². The lowest BCUT2D eigenvalue weighted by Gasteiger charge is -2.60. The summed E-state index contributed by atoms with van der Waals surface area (Å²) in [6.07, 6.45) is 2.60. The van der Waals surface area contributed by atoms with Crippen molar-refractivity contribution in [1.29, 1.82) is 5.26 Å². The number of benzene rings is 3. The van der Waals surface area contributed by atoms with Crippen molar-refractivity contribution in [3.05, 3.63) is 69.4 Å². The second-order valence-electron chi connectivity index (χ2n) is 13.0. The summed E-state index contributed by atoms with van der Waals surface area (Å²) in [5.41, 5.74) is 5.52. The number of fused-ring (bicyclic) bond motifs is 8. The Balaban J connectivity index is 1.43. The van der Waals surface area contributed by atoms with Gasteiger partial charge in [-0.1, -0.05) is 6.07 Å². The average Bonchev–Trinajstić information content (AvgIpc) is 3.58. The van der Waals surface area contributed by atoms with Gasteiger partial charge in [-0.2, -0.15) is 5.26 Å². The molecule has 12 nitrogen and oxygen atoms in total. The van der Waals surface area contributed by atoms with Gasteiger partial charge in [0.05, 0.1) is 46.6 Å². The van der Waals surface area contributed by atoms with Crippen molar-refractivity contribution in [2.24, 2.45) is 0 Å². The number of nitriles is 1. The first kappa shape index (κ1) is 32.4. The van der Waals surface area contributed by atoms with E-state index in [0.717, 1.165) is 22.0 Å². The summed E-state index contributed by atoms with van der Waals surface area (Å²) in [4.78, 5) is 21.3. The van der Waals surface area contributed by atoms with Gasteiger partial charge in [0.2, 0.25) is 0 Å². The second kappa shape index (κ2) is 12.1. The van der Waals surface area contributed by atoms with Gasteiger partial charge in [0, 0.05) is 74.7 Å². The number of aromatic amines is 1. The van der Waals surface area contributed by atoms with Crippen LogP contribution < -0.4 is 24.3 Å². The van der Waals surface area contributed by atoms with Crippen LogP contribution in [0, 0.1) is 25.2 Å². The van der Waals surface area contributed by atoms with Crippen LogP contribution in [0.5, 0.6) is 34.5 Å². The van der Waals surface area contributed by atoms with Crippen LogP contribution in [-0.4, -0.2) is 91.1 Å². The predicted octanol–water partition coefficient (Wildman–Crippen LogP) is 4.43. The monoisotopic (exact) mass is 667 g/mol. The first-order valence-electron chi connectivity index (χ1n) is 16.3. The molecule has 4 aromatic rings. The van der Waals surface area contributed by atoms with Crippen LogP contribution in [0.3, 0.4) is 0 Å². The molecule has 5 atom stereocenters. The third-order valence-corrected chi connectivity index (χ3v) is 11.0. The zero-order valence-electron chi connectivity index (χ0n) is 28.7. The minimum atomic E-state index is -0.659. The number of carbonyl (C=O) groups is 1. The number of methoxy groups -OCH3 is 4. The number of amides is 1. The fraction of sp³-hybridized carbons (Fsp3) is 0.405. The van der Waals surface area contributed by atoms with Gasteiger partial charge >= 0.3 is 0 Å². The van der Waals surface area contributed by atoms with E-state index in [-0.39, 0.29) is 35.7 Å². The van der Waals surface area contributed by atoms with Gasteiger partial charge in [0.1, 0.15) is 17.5 Å². The van der Waals surface area contributed by atoms with E-state index in [1.54, 1.807) is 26.5 Å². The number of nitrogens with one attached hydrogen (secondary N) is 2. The number of aromatic nitrogens is 1. The maximum atomic E-state index is 13.8. The van der Waals surface area contributed by atoms with E-state index in [2.05, 4.69) is 26.2 Å². The van der Waals surface area contributed by atoms with E-state index >= 15 is 0 Å². The van der Waals surface area contributed by atoms with E-state index < -0.39 is 24.2 Å². The maximum absolute atomic E-state index is 13.8. The van der Waals surface area contributed by atoms with Gasteiger partial charge in [0.15, 0.2) is 23.0 Å². The molecular formula is C37H41N5O7. The molecule has 256 valence electrons. The molecule has 3 aliphatic rings. The third-order valence-electron chi connectivity index (χ3n) is 11.0. The zero-order chi connectivity index (χ0) is 34.9. The number of likely N-dealkylation sites (N-methyl/N-ethyl adjacent to an activating group) is 1. The SMILES string of the molecule is COc1c(C)c(OC)c2c(c1O)[C@H]1[C@@H]3Cc4c(OC)c(C)c(OC)c(O)c4[C@H](CNC(=O)c4cccc5[nH]ccc45)N3[C@@H](C#N)[C@@H](C2)N1C. The maximum Gasteiger partial charge on any atom is 0.252 e. The molecule has 12 heteroatoms. The molecular weight excluding hydrogens is 626 g/mol. The van der Waals surface area contributed by atoms with Crippen LogP contribution in [0.4, 0.5) is 0 Å². The minimum absolute atomic E-state index is 0.0393. The van der Waals surface area contributed by atoms with Gasteiger partial charge in [-0.05, 0) is 51.9 Å². The Morgan fingerprint density at radius 1 is 0.918 bits per heavy atom. The summed E-state index contributed by atoms with van der Waals surface area (Å²) >= 11 is 0. The first-order chi connectivity index (χ1) is 23.6. The third kappa shape index (κ3) is 4.52. The molecule has 0 saturated carbocycles. The number of hydrogen-bond acceptors (Lipinski definition) is 10. The van der Waals surface area contributed by atoms with Crippen molar-refractivity contribution >= 4 is 16.8 Å². The summed E-state index contributed by atoms with van der Waals surface area (Å²) < 4.78 is 23.3. The minimum Gasteiger partial charge on any atom is -0.504 e. The number of carbonyl (C=O) groups excluding carboxylic acids is 1. The molecule has 4 heterocycles. The quantitative estimate of drug-likeness (QED) is 0.223. The molecule has 0 aliphatic carbocycles. The molecule has 7 rings (SSSR count). The van der Waals surface area contributed by atoms with Crippen LogP contribution in [0.1, 0.15) is 55.8 Å². The lowest BCUT2D eigenvalue weighted by molar-refractivity contribution is -0.0724. The molecule has 4 N–H and O–H groups in total. The van der Waals surface area contributed by atoms with Crippen LogP contribution in [0.25, 0.3) is 10.9 Å². The first-order valence-corrected chi connectivity index (χ1v) is 16.3. The highest BCUT2D eigenvalue weighted by molar-refractivity contribution is 6.06. The number of piperazine rings is 1. The average molecular weight is 668 g/mol. The smallest absolute Gasteiger partial charge is 0.252 e. The molecule has 2 bridgehead atoms. The van der Waals surface area contributed by atoms with E-state index in [4.69, 9.17) is 18.9 Å². The van der Waals surface area contributed by atoms with E-state index in [1.165, 1.54) is 14.2 Å². The van der Waals surface area contributed by atoms with E-state index in [0.29, 0.717) is 57.9 Å². The van der Waals surface area contributed by atoms with Crippen LogP contribution in [-0.2, 0) is 12.8 Å². The number of phenols is 2. The van der Waals surface area contributed by atoms with E-state index in [9.17, 15) is 20.3 Å². The zero-order valence-corrected chi connectivity index (χ0v) is 28.7. The number of H-pyrrole nitrogens is 1. The lowest BCUT2D eigenvalue weighted by atomic mass is 9.71. The second-order valence-corrected chi connectivity index (χ2v) is 13.0. The number of aromatic hydroxyl groups is 2. The van der Waals surface area contributed by atoms with Crippen molar-refractivity contribution in [2.75, 3.05) is 42.0 Å². The number of nitrogens with zero attached hydrogens (tertiary/aromatic N) is 3. The molecule has 0 spiro atoms. The van der Waals surface area contributed by atoms with E-state index in [1.807, 2.05) is 39.1 Å². The molecule has 1 aromatic heterocycles. The highest BCUT2D eigenvalue weighted by Crippen LogP contribution is 2.58. The van der Waals surface area contributed by atoms with Gasteiger partial charge < -0.3 is 39.5 Å². The van der Waals surface area contributed by atoms with Gasteiger partial charge in [-0.15, -0.1) is 0 Å². The summed E-state index contributed by atoms with van der Waals surface area (Å²) in [6.45, 7) is 3.76. The Morgan fingerprint density at radius 2 is 1.51 bits per heavy atom. The van der Waals surface area contributed by atoms with Gasteiger partial charge in [-0.25, -0.2) is 0 Å². The Kier molecular flexibility index (Phi) is 8.00. The molecule has 1 saturated heterocycles. The molecule has 49 heavy (non-hydrogen) atoms. The van der Waals surface area contributed by atoms with Crippen LogP contribution in [0.15, 0.2) is 30.5 Å². The van der Waals surface area contributed by atoms with Crippen molar-refractivity contribution in [1.82, 2.24) is 20.1 Å². The number of hydrogen-bond donors (Lipinski definition) is 4. The standard InChI is InChI=1S/C37H41N5O7/c1-17-33(46-4)21-14-25-30-29-22(34(47-5)18(2)36(49-7)32(29)44)13-24(41(30)3)26(15-38)42(25)27(28(21)31(43)35(17)48-6)16-40-37(45)20-9-8-10-23-19(20)11-12-39-23/h8-12,24-27,30,39,43-44H,13-14,16H2,1-7H3,(H,40,45)/t24-,25+,26+,27+,30-/m1/s1. The Hall–Kier alpha value is -5.12. The molecule has 0 radical (unpaired) electrons. The van der Waals surface area contributed by atoms with Crippen LogP contribution >= 0.6 is 0 Å². The topological polar surface area (TPSA) is 153 Å². The highest BCUT2D eigenvalue weighted by atomic mass is 16.5. The molecule has 0 unspecified atom stereocenters. The summed E-state index contributed by atoms with van der Waals surface area (Å²) in [5.74, 6) is 1.52. The Labute approximate surface area is 284 Å². The molecule has 3 aromatic carbocycles. The normalized spacial score (nSPS) is 22.8. The van der Waals surface area contributed by atoms with Crippen molar-refractivity contribution in [3.8, 4) is 40.6 Å². The number of ether oxygens (including phenoxy) is 4. The summed E-state index contributed by atoms with van der Waals surface area (Å²) in [7, 11) is 8.19. The highest BCUT2D eigenvalue weighted by Gasteiger charge is 2.57. The van der Waals surface area contributed by atoms with Gasteiger partial charge in [-0.3, -0.25) is 14.6 Å². The van der Waals surface area contributed by atoms with Crippen LogP contribution in [0.2, 0.25) is 0 Å². The Morgan fingerprint density at radius 3 is 2.12 bits per heavy atom. The summed E-state index contributed by atoms with van der Waals surface area (Å²) in [5, 5.41) is 38.6. The largest absolute Gasteiger partial charge is 0.504 e. The number of rotatable bonds is 7. The van der Waals surface area contributed by atoms with Crippen molar-refractivity contribution < 1.29 is 34.0 Å². The summed E-state index contributed by atoms with van der Waals surface area (Å²) in [6, 6.07) is 7.55. The molecule has 1 amide bonds. The van der Waals surface area contributed by atoms with Gasteiger partial charge in [0.25, 0.3) is 5.91 Å². The predicted molar refractivity (Wildman–Crippen MR) is 182 cm³/mol.